The zero-order valence-electron chi connectivity index (χ0n) is 21.8. The first kappa shape index (κ1) is 31.4. The first-order chi connectivity index (χ1) is 18.8. The van der Waals surface area contributed by atoms with Crippen molar-refractivity contribution in [3.05, 3.63) is 71.8 Å². The van der Waals surface area contributed by atoms with Gasteiger partial charge in [-0.25, -0.2) is 9.59 Å². The maximum atomic E-state index is 13.3. The maximum Gasteiger partial charge on any atom is 0.490 e. The number of nitrogens with one attached hydrogen (secondary N) is 2. The molecule has 0 heterocycles. The molecule has 0 saturated heterocycles. The summed E-state index contributed by atoms with van der Waals surface area (Å²) in [6.07, 6.45) is -4.57. The first-order valence-electron chi connectivity index (χ1n) is 11.9. The Bertz CT molecular complexity index is 1380. The number of hydrogen-bond donors (Lipinski definition) is 4. The Labute approximate surface area is 228 Å². The van der Waals surface area contributed by atoms with Crippen LogP contribution < -0.4 is 10.6 Å². The quantitative estimate of drug-likeness (QED) is 0.285. The number of nitriles is 1. The van der Waals surface area contributed by atoms with Crippen LogP contribution in [0.5, 0.6) is 5.75 Å². The number of benzene rings is 3. The lowest BCUT2D eigenvalue weighted by Crippen LogP contribution is -2.44. The topological polar surface area (TPSA) is 149 Å². The highest BCUT2D eigenvalue weighted by molar-refractivity contribution is 5.99. The molecule has 0 spiro atoms. The predicted octanol–water partition coefficient (Wildman–Crippen LogP) is 4.91. The Morgan fingerprint density at radius 2 is 1.57 bits per heavy atom. The van der Waals surface area contributed by atoms with Gasteiger partial charge in [-0.15, -0.1) is 0 Å². The van der Waals surface area contributed by atoms with E-state index in [1.54, 1.807) is 24.3 Å². The number of carbonyl (C=O) groups is 3. The second kappa shape index (κ2) is 13.8. The van der Waals surface area contributed by atoms with Crippen molar-refractivity contribution in [2.75, 3.05) is 12.4 Å². The molecule has 40 heavy (non-hydrogen) atoms. The van der Waals surface area contributed by atoms with Gasteiger partial charge >= 0.3 is 18.1 Å². The third-order valence-electron chi connectivity index (χ3n) is 5.59. The van der Waals surface area contributed by atoms with E-state index in [0.29, 0.717) is 17.5 Å². The highest BCUT2D eigenvalue weighted by Crippen LogP contribution is 2.28. The zero-order chi connectivity index (χ0) is 30.0. The van der Waals surface area contributed by atoms with Gasteiger partial charge in [-0.3, -0.25) is 4.79 Å². The van der Waals surface area contributed by atoms with Crippen LogP contribution in [0.2, 0.25) is 0 Å². The molecule has 0 aliphatic heterocycles. The molecule has 1 amide bonds. The highest BCUT2D eigenvalue weighted by atomic mass is 19.4. The molecule has 0 fully saturated rings. The van der Waals surface area contributed by atoms with Crippen LogP contribution in [0.1, 0.15) is 37.4 Å². The molecule has 212 valence electrons. The molecule has 2 atom stereocenters. The van der Waals surface area contributed by atoms with Crippen molar-refractivity contribution in [2.45, 2.75) is 38.5 Å². The van der Waals surface area contributed by atoms with Crippen LogP contribution in [-0.2, 0) is 19.1 Å². The Balaban J connectivity index is 0.000000708. The third-order valence-corrected chi connectivity index (χ3v) is 5.59. The molecule has 0 aliphatic carbocycles. The standard InChI is InChI=1S/C26H27N3O4.C2HF3O2/c1-16(2)14-23(28-22-13-10-18(15-27)20-6-4-5-7-21(20)22)25(31)29-24(26(32)33-3)17-8-11-19(30)12-9-17;3-2(4,5)1(6)7/h4-13,16,23-24,28,30H,14H2,1-3H3,(H,29,31);(H,6,7)/t23-,24-;/m0./s1. The van der Waals surface area contributed by atoms with Crippen molar-refractivity contribution in [3.8, 4) is 11.8 Å². The number of hydrogen-bond acceptors (Lipinski definition) is 7. The van der Waals surface area contributed by atoms with Crippen LogP contribution in [0.25, 0.3) is 10.8 Å². The smallest absolute Gasteiger partial charge is 0.490 e. The minimum Gasteiger partial charge on any atom is -0.508 e. The van der Waals surface area contributed by atoms with E-state index in [0.717, 1.165) is 16.5 Å². The summed E-state index contributed by atoms with van der Waals surface area (Å²) in [5.41, 5.74) is 1.78. The number of carbonyl (C=O) groups excluding carboxylic acids is 2. The van der Waals surface area contributed by atoms with E-state index in [1.807, 2.05) is 38.1 Å². The SMILES string of the molecule is COC(=O)[C@@H](NC(=O)[C@H](CC(C)C)Nc1ccc(C#N)c2ccccc12)c1ccc(O)cc1.O=C(O)C(F)(F)F. The van der Waals surface area contributed by atoms with Gasteiger partial charge in [0, 0.05) is 16.5 Å². The summed E-state index contributed by atoms with van der Waals surface area (Å²) in [6, 6.07) is 17.6. The zero-order valence-corrected chi connectivity index (χ0v) is 21.8. The molecule has 3 aromatic carbocycles. The van der Waals surface area contributed by atoms with Crippen molar-refractivity contribution >= 4 is 34.3 Å². The van der Waals surface area contributed by atoms with Gasteiger partial charge in [-0.2, -0.15) is 18.4 Å². The molecular formula is C28H28F3N3O6. The number of aliphatic carboxylic acids is 1. The molecule has 0 aromatic heterocycles. The number of fused-ring (bicyclic) bond motifs is 1. The van der Waals surface area contributed by atoms with Crippen LogP contribution in [-0.4, -0.2) is 47.4 Å². The minimum absolute atomic E-state index is 0.0562. The summed E-state index contributed by atoms with van der Waals surface area (Å²) in [4.78, 5) is 34.7. The number of aromatic hydroxyl groups is 1. The lowest BCUT2D eigenvalue weighted by molar-refractivity contribution is -0.192. The Morgan fingerprint density at radius 3 is 2.08 bits per heavy atom. The molecule has 9 nitrogen and oxygen atoms in total. The number of phenolic OH excluding ortho intramolecular Hbond substituents is 1. The summed E-state index contributed by atoms with van der Waals surface area (Å²) in [5.74, 6) is -3.47. The van der Waals surface area contributed by atoms with Gasteiger partial charge in [0.25, 0.3) is 0 Å². The number of alkyl halides is 3. The summed E-state index contributed by atoms with van der Waals surface area (Å²) in [7, 11) is 1.26. The molecular weight excluding hydrogens is 531 g/mol. The number of halogens is 3. The number of methoxy groups -OCH3 is 1. The fraction of sp³-hybridized carbons (Fsp3) is 0.286. The van der Waals surface area contributed by atoms with Crippen molar-refractivity contribution in [3.63, 3.8) is 0 Å². The molecule has 0 bridgehead atoms. The number of nitrogens with zero attached hydrogens (tertiary/aromatic N) is 1. The lowest BCUT2D eigenvalue weighted by Gasteiger charge is -2.25. The van der Waals surface area contributed by atoms with Crippen LogP contribution in [0, 0.1) is 17.2 Å². The predicted molar refractivity (Wildman–Crippen MR) is 140 cm³/mol. The second-order valence-electron chi connectivity index (χ2n) is 9.00. The van der Waals surface area contributed by atoms with Gasteiger partial charge in [-0.1, -0.05) is 50.2 Å². The monoisotopic (exact) mass is 559 g/mol. The normalized spacial score (nSPS) is 12.3. The number of ether oxygens (including phenoxy) is 1. The molecule has 0 unspecified atom stereocenters. The van der Waals surface area contributed by atoms with Gasteiger partial charge < -0.3 is 25.6 Å². The van der Waals surface area contributed by atoms with Crippen molar-refractivity contribution in [2.24, 2.45) is 5.92 Å². The molecule has 0 radical (unpaired) electrons. The third kappa shape index (κ3) is 8.62. The van der Waals surface area contributed by atoms with Crippen LogP contribution in [0.4, 0.5) is 18.9 Å². The van der Waals surface area contributed by atoms with Gasteiger partial charge in [0.05, 0.1) is 18.7 Å². The fourth-order valence-corrected chi connectivity index (χ4v) is 3.72. The van der Waals surface area contributed by atoms with E-state index in [-0.39, 0.29) is 17.6 Å². The van der Waals surface area contributed by atoms with Gasteiger partial charge in [0.2, 0.25) is 5.91 Å². The number of amides is 1. The minimum atomic E-state index is -5.08. The van der Waals surface area contributed by atoms with Gasteiger partial charge in [0.15, 0.2) is 6.04 Å². The number of carboxylic acids is 1. The van der Waals surface area contributed by atoms with Crippen LogP contribution in [0.3, 0.4) is 0 Å². The van der Waals surface area contributed by atoms with E-state index in [9.17, 15) is 33.1 Å². The molecule has 3 rings (SSSR count). The summed E-state index contributed by atoms with van der Waals surface area (Å²) >= 11 is 0. The largest absolute Gasteiger partial charge is 0.508 e. The Morgan fingerprint density at radius 1 is 1.00 bits per heavy atom. The van der Waals surface area contributed by atoms with Gasteiger partial charge in [-0.05, 0) is 42.2 Å². The number of esters is 1. The summed E-state index contributed by atoms with van der Waals surface area (Å²) < 4.78 is 36.6. The summed E-state index contributed by atoms with van der Waals surface area (Å²) in [6.45, 7) is 4.02. The number of rotatable bonds is 8. The van der Waals surface area contributed by atoms with Gasteiger partial charge in [0.1, 0.15) is 11.8 Å². The molecule has 4 N–H and O–H groups in total. The number of anilines is 1. The number of phenols is 1. The first-order valence-corrected chi connectivity index (χ1v) is 11.9. The summed E-state index contributed by atoms with van der Waals surface area (Å²) in [5, 5.41) is 33.8. The fourth-order valence-electron chi connectivity index (χ4n) is 3.72. The number of carboxylic acid groups (broad SMARTS) is 1. The molecule has 12 heteroatoms. The van der Waals surface area contributed by atoms with E-state index in [1.165, 1.54) is 19.2 Å². The van der Waals surface area contributed by atoms with Crippen molar-refractivity contribution < 1.29 is 42.5 Å². The Hall–Kier alpha value is -4.79. The molecule has 0 saturated carbocycles. The average molecular weight is 560 g/mol. The second-order valence-corrected chi connectivity index (χ2v) is 9.00. The van der Waals surface area contributed by atoms with Crippen molar-refractivity contribution in [1.82, 2.24) is 5.32 Å². The molecule has 0 aliphatic rings. The van der Waals surface area contributed by atoms with E-state index in [2.05, 4.69) is 16.7 Å². The maximum absolute atomic E-state index is 13.3. The molecule has 3 aromatic rings. The van der Waals surface area contributed by atoms with E-state index >= 15 is 0 Å². The van der Waals surface area contributed by atoms with Crippen LogP contribution >= 0.6 is 0 Å². The lowest BCUT2D eigenvalue weighted by atomic mass is 9.99. The van der Waals surface area contributed by atoms with Crippen molar-refractivity contribution in [1.29, 1.82) is 5.26 Å². The van der Waals surface area contributed by atoms with E-state index in [4.69, 9.17) is 14.6 Å². The van der Waals surface area contributed by atoms with Crippen LogP contribution in [0.15, 0.2) is 60.7 Å². The Kier molecular flexibility index (Phi) is 10.9. The van der Waals surface area contributed by atoms with E-state index < -0.39 is 30.2 Å². The average Bonchev–Trinajstić information content (AvgIpc) is 2.91. The highest BCUT2D eigenvalue weighted by Gasteiger charge is 2.38.